The Bertz CT molecular complexity index is 930. The van der Waals surface area contributed by atoms with E-state index < -0.39 is 0 Å². The van der Waals surface area contributed by atoms with Crippen molar-refractivity contribution >= 4 is 36.7 Å². The standard InChI is InChI=1S/C20H16FNOSe/c1-20(2)16-9-8-13(21)10-18(16)22(14-6-4-3-5-7-14)19-17(20)11-15(12-23)24-19/h3-12H,1-2H3. The Morgan fingerprint density at radius 2 is 1.79 bits per heavy atom. The Morgan fingerprint density at radius 3 is 2.50 bits per heavy atom. The van der Waals surface area contributed by atoms with Crippen molar-refractivity contribution in [2.75, 3.05) is 4.90 Å². The number of fused-ring (bicyclic) bond motifs is 2. The Hall–Kier alpha value is -2.16. The van der Waals surface area contributed by atoms with Crippen LogP contribution in [0.5, 0.6) is 0 Å². The molecule has 0 aliphatic carbocycles. The summed E-state index contributed by atoms with van der Waals surface area (Å²) in [7, 11) is 0. The van der Waals surface area contributed by atoms with Gasteiger partial charge in [0.25, 0.3) is 0 Å². The summed E-state index contributed by atoms with van der Waals surface area (Å²) in [5.74, 6) is -0.247. The SMILES string of the molecule is CC1(C)c2ccc(F)cc2N(c2ccccc2)c2[se]c(C=O)cc21. The van der Waals surface area contributed by atoms with E-state index in [9.17, 15) is 9.18 Å². The molecule has 2 aromatic carbocycles. The molecule has 3 aromatic rings. The van der Waals surface area contributed by atoms with Crippen molar-refractivity contribution in [3.63, 3.8) is 0 Å². The van der Waals surface area contributed by atoms with E-state index >= 15 is 0 Å². The van der Waals surface area contributed by atoms with Gasteiger partial charge in [-0.25, -0.2) is 0 Å². The molecule has 0 bridgehead atoms. The van der Waals surface area contributed by atoms with Crippen molar-refractivity contribution in [2.45, 2.75) is 19.3 Å². The van der Waals surface area contributed by atoms with Gasteiger partial charge in [0.15, 0.2) is 0 Å². The number of carbonyl (C=O) groups is 1. The second kappa shape index (κ2) is 5.44. The third-order valence-corrected chi connectivity index (χ3v) is 6.81. The molecule has 0 unspecified atom stereocenters. The fourth-order valence-corrected chi connectivity index (χ4v) is 5.83. The first-order valence-corrected chi connectivity index (χ1v) is 9.48. The first-order chi connectivity index (χ1) is 11.5. The Morgan fingerprint density at radius 1 is 1.04 bits per heavy atom. The van der Waals surface area contributed by atoms with Crippen LogP contribution in [0.4, 0.5) is 20.3 Å². The average Bonchev–Trinajstić information content (AvgIpc) is 3.01. The van der Waals surface area contributed by atoms with Crippen LogP contribution in [0.1, 0.15) is 34.2 Å². The third kappa shape index (κ3) is 2.18. The Balaban J connectivity index is 2.06. The van der Waals surface area contributed by atoms with E-state index in [-0.39, 0.29) is 25.7 Å². The molecule has 0 atom stereocenters. The van der Waals surface area contributed by atoms with Crippen LogP contribution < -0.4 is 4.90 Å². The molecule has 0 spiro atoms. The summed E-state index contributed by atoms with van der Waals surface area (Å²) in [6.07, 6.45) is 0.947. The number of halogens is 1. The minimum absolute atomic E-state index is 0.0752. The molecule has 1 aliphatic heterocycles. The molecule has 0 fully saturated rings. The molecule has 0 N–H and O–H groups in total. The number of anilines is 3. The predicted molar refractivity (Wildman–Crippen MR) is 95.5 cm³/mol. The third-order valence-electron chi connectivity index (χ3n) is 4.61. The van der Waals surface area contributed by atoms with Gasteiger partial charge in [0.1, 0.15) is 0 Å². The number of para-hydroxylation sites is 1. The normalized spacial score (nSPS) is 14.9. The van der Waals surface area contributed by atoms with Gasteiger partial charge in [0, 0.05) is 0 Å². The van der Waals surface area contributed by atoms with Gasteiger partial charge < -0.3 is 0 Å². The van der Waals surface area contributed by atoms with Crippen molar-refractivity contribution in [1.82, 2.24) is 0 Å². The fourth-order valence-electron chi connectivity index (χ4n) is 3.38. The van der Waals surface area contributed by atoms with E-state index in [1.165, 1.54) is 6.07 Å². The summed E-state index contributed by atoms with van der Waals surface area (Å²) in [5.41, 5.74) is 3.84. The van der Waals surface area contributed by atoms with Gasteiger partial charge in [-0.05, 0) is 0 Å². The summed E-state index contributed by atoms with van der Waals surface area (Å²) in [6.45, 7) is 4.28. The van der Waals surface area contributed by atoms with Crippen LogP contribution >= 0.6 is 0 Å². The first kappa shape index (κ1) is 15.4. The molecule has 1 aliphatic rings. The fraction of sp³-hybridized carbons (Fsp3) is 0.150. The summed E-state index contributed by atoms with van der Waals surface area (Å²) in [5, 5.41) is 0. The Labute approximate surface area is 146 Å². The number of aldehydes is 1. The molecule has 0 amide bonds. The molecule has 4 heteroatoms. The number of hydrogen-bond acceptors (Lipinski definition) is 2. The van der Waals surface area contributed by atoms with Crippen molar-refractivity contribution in [3.8, 4) is 0 Å². The molecular formula is C20H16FNOSe. The second-order valence-corrected chi connectivity index (χ2v) is 8.67. The molecule has 2 nitrogen and oxygen atoms in total. The van der Waals surface area contributed by atoms with E-state index in [1.54, 1.807) is 6.07 Å². The van der Waals surface area contributed by atoms with Gasteiger partial charge in [-0.1, -0.05) is 0 Å². The van der Waals surface area contributed by atoms with Gasteiger partial charge in [-0.15, -0.1) is 0 Å². The van der Waals surface area contributed by atoms with Crippen LogP contribution in [-0.4, -0.2) is 20.8 Å². The molecule has 0 radical (unpaired) electrons. The molecule has 0 saturated carbocycles. The molecular weight excluding hydrogens is 368 g/mol. The van der Waals surface area contributed by atoms with Crippen molar-refractivity contribution in [3.05, 3.63) is 76.0 Å². The first-order valence-electron chi connectivity index (χ1n) is 7.77. The number of hydrogen-bond donors (Lipinski definition) is 0. The van der Waals surface area contributed by atoms with E-state index in [0.717, 1.165) is 37.8 Å². The maximum absolute atomic E-state index is 14.0. The van der Waals surface area contributed by atoms with Gasteiger partial charge in [0.2, 0.25) is 0 Å². The van der Waals surface area contributed by atoms with Gasteiger partial charge in [-0.3, -0.25) is 0 Å². The number of rotatable bonds is 2. The van der Waals surface area contributed by atoms with Crippen molar-refractivity contribution < 1.29 is 9.18 Å². The number of carbonyl (C=O) groups excluding carboxylic acids is 1. The van der Waals surface area contributed by atoms with Crippen molar-refractivity contribution in [2.24, 2.45) is 0 Å². The topological polar surface area (TPSA) is 20.3 Å². The molecule has 120 valence electrons. The van der Waals surface area contributed by atoms with E-state index in [4.69, 9.17) is 0 Å². The van der Waals surface area contributed by atoms with Crippen LogP contribution in [0.3, 0.4) is 0 Å². The van der Waals surface area contributed by atoms with Crippen molar-refractivity contribution in [1.29, 1.82) is 0 Å². The summed E-state index contributed by atoms with van der Waals surface area (Å²) in [4.78, 5) is 13.5. The summed E-state index contributed by atoms with van der Waals surface area (Å²) >= 11 is -0.0752. The maximum atomic E-state index is 14.0. The predicted octanol–water partition coefficient (Wildman–Crippen LogP) is 4.80. The summed E-state index contributed by atoms with van der Waals surface area (Å²) in [6, 6.07) is 17.0. The minimum atomic E-state index is -0.254. The molecule has 4 rings (SSSR count). The van der Waals surface area contributed by atoms with Crippen LogP contribution in [0, 0.1) is 5.82 Å². The van der Waals surface area contributed by atoms with Gasteiger partial charge in [-0.2, -0.15) is 0 Å². The number of benzene rings is 2. The summed E-state index contributed by atoms with van der Waals surface area (Å²) < 4.78 is 16.0. The van der Waals surface area contributed by atoms with E-state index in [2.05, 4.69) is 18.7 Å². The Kier molecular flexibility index (Phi) is 3.48. The van der Waals surface area contributed by atoms with Crippen LogP contribution in [-0.2, 0) is 5.41 Å². The van der Waals surface area contributed by atoms with Gasteiger partial charge >= 0.3 is 146 Å². The molecule has 2 heterocycles. The zero-order valence-electron chi connectivity index (χ0n) is 13.4. The molecule has 24 heavy (non-hydrogen) atoms. The second-order valence-electron chi connectivity index (χ2n) is 6.44. The number of nitrogens with zero attached hydrogens (tertiary/aromatic N) is 1. The quantitative estimate of drug-likeness (QED) is 0.467. The zero-order chi connectivity index (χ0) is 16.9. The van der Waals surface area contributed by atoms with Crippen LogP contribution in [0.15, 0.2) is 54.6 Å². The molecule has 1 aromatic heterocycles. The zero-order valence-corrected chi connectivity index (χ0v) is 15.1. The van der Waals surface area contributed by atoms with E-state index in [0.29, 0.717) is 0 Å². The van der Waals surface area contributed by atoms with Crippen LogP contribution in [0.25, 0.3) is 0 Å². The molecule has 0 saturated heterocycles. The van der Waals surface area contributed by atoms with E-state index in [1.807, 2.05) is 42.5 Å². The van der Waals surface area contributed by atoms with Crippen LogP contribution in [0.2, 0.25) is 0 Å². The van der Waals surface area contributed by atoms with Gasteiger partial charge in [0.05, 0.1) is 0 Å². The monoisotopic (exact) mass is 385 g/mol. The average molecular weight is 384 g/mol.